The van der Waals surface area contributed by atoms with Gasteiger partial charge in [-0.05, 0) is 31.2 Å². The van der Waals surface area contributed by atoms with Crippen molar-refractivity contribution in [2.75, 3.05) is 11.9 Å². The predicted molar refractivity (Wildman–Crippen MR) is 83.9 cm³/mol. The minimum absolute atomic E-state index is 0.249. The van der Waals surface area contributed by atoms with E-state index in [0.717, 1.165) is 0 Å². The van der Waals surface area contributed by atoms with E-state index < -0.39 is 17.6 Å². The van der Waals surface area contributed by atoms with E-state index in [1.165, 1.54) is 12.3 Å². The van der Waals surface area contributed by atoms with Crippen LogP contribution in [0.2, 0.25) is 0 Å². The van der Waals surface area contributed by atoms with Crippen LogP contribution in [0.25, 0.3) is 0 Å². The van der Waals surface area contributed by atoms with Gasteiger partial charge in [-0.2, -0.15) is 5.26 Å². The molecule has 1 aromatic carbocycles. The molecule has 0 aliphatic carbocycles. The molecular weight excluding hydrogens is 294 g/mol. The summed E-state index contributed by atoms with van der Waals surface area (Å²) in [6.07, 6.45) is 1.50. The van der Waals surface area contributed by atoms with Gasteiger partial charge < -0.3 is 10.1 Å². The number of aromatic nitrogens is 1. The Balaban J connectivity index is 2.16. The Morgan fingerprint density at radius 3 is 2.78 bits per heavy atom. The van der Waals surface area contributed by atoms with E-state index in [2.05, 4.69) is 10.3 Å². The molecule has 6 heteroatoms. The van der Waals surface area contributed by atoms with Crippen LogP contribution in [-0.4, -0.2) is 23.3 Å². The third-order valence-electron chi connectivity index (χ3n) is 3.00. The number of amides is 1. The van der Waals surface area contributed by atoms with E-state index in [1.54, 1.807) is 42.5 Å². The highest BCUT2D eigenvalue weighted by molar-refractivity contribution is 6.15. The Morgan fingerprint density at radius 2 is 2.13 bits per heavy atom. The molecule has 0 aliphatic heterocycles. The van der Waals surface area contributed by atoms with Crippen LogP contribution >= 0.6 is 0 Å². The highest BCUT2D eigenvalue weighted by Gasteiger charge is 2.28. The second-order valence-electron chi connectivity index (χ2n) is 4.59. The molecular formula is C17H15N3O3. The van der Waals surface area contributed by atoms with Crippen molar-refractivity contribution in [2.45, 2.75) is 6.92 Å². The lowest BCUT2D eigenvalue weighted by atomic mass is 9.98. The summed E-state index contributed by atoms with van der Waals surface area (Å²) in [6, 6.07) is 13.1. The monoisotopic (exact) mass is 309 g/mol. The molecule has 116 valence electrons. The summed E-state index contributed by atoms with van der Waals surface area (Å²) in [7, 11) is 0. The molecule has 1 heterocycles. The molecule has 1 aromatic heterocycles. The van der Waals surface area contributed by atoms with Crippen LogP contribution in [0.1, 0.15) is 17.3 Å². The Kier molecular flexibility index (Phi) is 5.42. The van der Waals surface area contributed by atoms with E-state index in [-0.39, 0.29) is 11.4 Å². The fraction of sp³-hybridized carbons (Fsp3) is 0.176. The fourth-order valence-corrected chi connectivity index (χ4v) is 1.94. The summed E-state index contributed by atoms with van der Waals surface area (Å²) in [5.74, 6) is -1.94. The fourth-order valence-electron chi connectivity index (χ4n) is 1.94. The van der Waals surface area contributed by atoms with Crippen LogP contribution in [-0.2, 0) is 4.79 Å². The quantitative estimate of drug-likeness (QED) is 0.653. The Morgan fingerprint density at radius 1 is 1.30 bits per heavy atom. The highest BCUT2D eigenvalue weighted by Crippen LogP contribution is 2.17. The maximum absolute atomic E-state index is 12.4. The van der Waals surface area contributed by atoms with E-state index >= 15 is 0 Å². The molecule has 1 atom stereocenters. The van der Waals surface area contributed by atoms with E-state index in [9.17, 15) is 14.9 Å². The molecule has 6 nitrogen and oxygen atoms in total. The Hall–Kier alpha value is -3.20. The maximum Gasteiger partial charge on any atom is 0.250 e. The number of Topliss-reactive ketones (excluding diaryl/α,β-unsaturated/α-hetero) is 1. The number of nitrogens with one attached hydrogen (secondary N) is 1. The molecule has 2 rings (SSSR count). The molecule has 0 spiro atoms. The lowest BCUT2D eigenvalue weighted by molar-refractivity contribution is -0.117. The summed E-state index contributed by atoms with van der Waals surface area (Å²) in [5.41, 5.74) is 0.249. The molecule has 1 N–H and O–H groups in total. The summed E-state index contributed by atoms with van der Waals surface area (Å²) < 4.78 is 5.32. The number of anilines is 1. The maximum atomic E-state index is 12.4. The van der Waals surface area contributed by atoms with Crippen molar-refractivity contribution >= 4 is 17.5 Å². The van der Waals surface area contributed by atoms with Gasteiger partial charge in [0.15, 0.2) is 11.7 Å². The third-order valence-corrected chi connectivity index (χ3v) is 3.00. The minimum atomic E-state index is -1.45. The van der Waals surface area contributed by atoms with Crippen molar-refractivity contribution < 1.29 is 14.3 Å². The van der Waals surface area contributed by atoms with Crippen molar-refractivity contribution in [2.24, 2.45) is 5.92 Å². The number of pyridine rings is 1. The van der Waals surface area contributed by atoms with Gasteiger partial charge in [0.2, 0.25) is 0 Å². The number of carbonyl (C=O) groups excluding carboxylic acids is 2. The first-order valence-electron chi connectivity index (χ1n) is 7.04. The van der Waals surface area contributed by atoms with E-state index in [1.807, 2.05) is 6.92 Å². The Labute approximate surface area is 133 Å². The first-order valence-corrected chi connectivity index (χ1v) is 7.04. The van der Waals surface area contributed by atoms with Crippen LogP contribution in [0.15, 0.2) is 48.7 Å². The van der Waals surface area contributed by atoms with Crippen molar-refractivity contribution in [1.29, 1.82) is 5.26 Å². The lowest BCUT2D eigenvalue weighted by Gasteiger charge is -2.10. The predicted octanol–water partition coefficient (Wildman–Crippen LogP) is 2.44. The average molecular weight is 309 g/mol. The molecule has 0 bridgehead atoms. The molecule has 0 saturated carbocycles. The number of rotatable bonds is 6. The van der Waals surface area contributed by atoms with Crippen LogP contribution in [0, 0.1) is 17.2 Å². The highest BCUT2D eigenvalue weighted by atomic mass is 16.5. The van der Waals surface area contributed by atoms with Gasteiger partial charge in [0, 0.05) is 11.8 Å². The molecule has 0 aliphatic rings. The first-order chi connectivity index (χ1) is 11.2. The Bertz CT molecular complexity index is 738. The smallest absolute Gasteiger partial charge is 0.250 e. The van der Waals surface area contributed by atoms with Crippen LogP contribution in [0.4, 0.5) is 5.82 Å². The standard InChI is InChI=1S/C17H15N3O3/c1-2-23-13-7-5-6-12(10-13)16(21)14(11-18)17(22)20-15-8-3-4-9-19-15/h3-10,14H,2H2,1H3,(H,19,20,22)/t14-/m0/s1. The normalized spacial score (nSPS) is 11.1. The van der Waals surface area contributed by atoms with Crippen LogP contribution in [0.3, 0.4) is 0 Å². The van der Waals surface area contributed by atoms with Gasteiger partial charge >= 0.3 is 0 Å². The number of ether oxygens (including phenoxy) is 1. The van der Waals surface area contributed by atoms with Gasteiger partial charge in [0.1, 0.15) is 11.6 Å². The first kappa shape index (κ1) is 16.2. The van der Waals surface area contributed by atoms with Gasteiger partial charge in [0.25, 0.3) is 5.91 Å². The zero-order chi connectivity index (χ0) is 16.7. The zero-order valence-electron chi connectivity index (χ0n) is 12.5. The number of hydrogen-bond donors (Lipinski definition) is 1. The molecule has 0 radical (unpaired) electrons. The largest absolute Gasteiger partial charge is 0.494 e. The number of nitrogens with zero attached hydrogens (tertiary/aromatic N) is 2. The molecule has 0 saturated heterocycles. The van der Waals surface area contributed by atoms with Crippen LogP contribution < -0.4 is 10.1 Å². The number of ketones is 1. The van der Waals surface area contributed by atoms with E-state index in [4.69, 9.17) is 4.74 Å². The van der Waals surface area contributed by atoms with Gasteiger partial charge in [-0.25, -0.2) is 4.98 Å². The molecule has 2 aromatic rings. The average Bonchev–Trinajstić information content (AvgIpc) is 2.57. The number of benzene rings is 1. The van der Waals surface area contributed by atoms with Gasteiger partial charge in [-0.3, -0.25) is 9.59 Å². The topological polar surface area (TPSA) is 92.1 Å². The second-order valence-corrected chi connectivity index (χ2v) is 4.59. The summed E-state index contributed by atoms with van der Waals surface area (Å²) in [6.45, 7) is 2.28. The molecule has 0 fully saturated rings. The molecule has 23 heavy (non-hydrogen) atoms. The van der Waals surface area contributed by atoms with Crippen LogP contribution in [0.5, 0.6) is 5.75 Å². The van der Waals surface area contributed by atoms with Crippen molar-refractivity contribution in [3.8, 4) is 11.8 Å². The second kappa shape index (κ2) is 7.71. The molecule has 0 unspecified atom stereocenters. The third kappa shape index (κ3) is 4.14. The summed E-state index contributed by atoms with van der Waals surface area (Å²) in [4.78, 5) is 28.5. The SMILES string of the molecule is CCOc1cccc(C(=O)[C@H](C#N)C(=O)Nc2ccccn2)c1. The van der Waals surface area contributed by atoms with E-state index in [0.29, 0.717) is 12.4 Å². The van der Waals surface area contributed by atoms with Gasteiger partial charge in [-0.15, -0.1) is 0 Å². The summed E-state index contributed by atoms with van der Waals surface area (Å²) in [5, 5.41) is 11.7. The number of hydrogen-bond acceptors (Lipinski definition) is 5. The lowest BCUT2D eigenvalue weighted by Crippen LogP contribution is -2.29. The van der Waals surface area contributed by atoms with Crippen molar-refractivity contribution in [3.63, 3.8) is 0 Å². The minimum Gasteiger partial charge on any atom is -0.494 e. The number of nitriles is 1. The zero-order valence-corrected chi connectivity index (χ0v) is 12.5. The van der Waals surface area contributed by atoms with Gasteiger partial charge in [-0.1, -0.05) is 18.2 Å². The van der Waals surface area contributed by atoms with Gasteiger partial charge in [0.05, 0.1) is 12.7 Å². The van der Waals surface area contributed by atoms with Crippen molar-refractivity contribution in [3.05, 3.63) is 54.2 Å². The number of carbonyl (C=O) groups is 2. The molecule has 1 amide bonds. The summed E-state index contributed by atoms with van der Waals surface area (Å²) >= 11 is 0. The van der Waals surface area contributed by atoms with Crippen molar-refractivity contribution in [1.82, 2.24) is 4.98 Å².